The molecule has 0 aliphatic heterocycles. The summed E-state index contributed by atoms with van der Waals surface area (Å²) in [6, 6.07) is 4.27. The predicted octanol–water partition coefficient (Wildman–Crippen LogP) is 3.02. The molecule has 0 amide bonds. The van der Waals surface area contributed by atoms with Gasteiger partial charge in [-0.2, -0.15) is 0 Å². The van der Waals surface area contributed by atoms with E-state index in [4.69, 9.17) is 4.74 Å². The van der Waals surface area contributed by atoms with Crippen molar-refractivity contribution in [2.75, 3.05) is 0 Å². The fourth-order valence-electron chi connectivity index (χ4n) is 0.991. The van der Waals surface area contributed by atoms with Gasteiger partial charge in [0, 0.05) is 5.38 Å². The van der Waals surface area contributed by atoms with Crippen molar-refractivity contribution in [1.29, 1.82) is 0 Å². The summed E-state index contributed by atoms with van der Waals surface area (Å²) in [5.41, 5.74) is 0.760. The molecule has 15 heavy (non-hydrogen) atoms. The van der Waals surface area contributed by atoms with E-state index in [9.17, 15) is 4.39 Å². The Bertz CT molecular complexity index is 449. The van der Waals surface area contributed by atoms with Gasteiger partial charge in [0.05, 0.1) is 4.47 Å². The van der Waals surface area contributed by atoms with E-state index in [-0.39, 0.29) is 5.82 Å². The first-order chi connectivity index (χ1) is 7.25. The summed E-state index contributed by atoms with van der Waals surface area (Å²) in [7, 11) is 0. The molecule has 0 aliphatic carbocycles. The molecule has 0 unspecified atom stereocenters. The third kappa shape index (κ3) is 2.73. The average molecular weight is 289 g/mol. The van der Waals surface area contributed by atoms with E-state index < -0.39 is 0 Å². The van der Waals surface area contributed by atoms with Crippen LogP contribution >= 0.6 is 27.5 Å². The highest BCUT2D eigenvalue weighted by molar-refractivity contribution is 9.10. The number of halogens is 2. The minimum absolute atomic E-state index is 0.301. The molecule has 3 nitrogen and oxygen atoms in total. The molecule has 0 saturated heterocycles. The Hall–Kier alpha value is -1.01. The number of ether oxygens (including phenoxy) is 1. The molecule has 0 spiro atoms. The fourth-order valence-corrected chi connectivity index (χ4v) is 1.89. The maximum atomic E-state index is 12.8. The minimum Gasteiger partial charge on any atom is -0.486 e. The van der Waals surface area contributed by atoms with Crippen molar-refractivity contribution in [2.45, 2.75) is 6.61 Å². The highest BCUT2D eigenvalue weighted by Crippen LogP contribution is 2.26. The molecule has 1 aromatic carbocycles. The lowest BCUT2D eigenvalue weighted by Crippen LogP contribution is -1.96. The van der Waals surface area contributed by atoms with Crippen LogP contribution in [0.5, 0.6) is 5.75 Å². The van der Waals surface area contributed by atoms with Gasteiger partial charge >= 0.3 is 0 Å². The maximum absolute atomic E-state index is 12.8. The van der Waals surface area contributed by atoms with E-state index in [2.05, 4.69) is 25.5 Å². The molecule has 78 valence electrons. The van der Waals surface area contributed by atoms with Crippen LogP contribution in [-0.4, -0.2) is 9.59 Å². The lowest BCUT2D eigenvalue weighted by Gasteiger charge is -2.05. The van der Waals surface area contributed by atoms with E-state index in [1.807, 2.05) is 0 Å². The Morgan fingerprint density at radius 1 is 1.47 bits per heavy atom. The summed E-state index contributed by atoms with van der Waals surface area (Å²) in [5.74, 6) is 0.286. The summed E-state index contributed by atoms with van der Waals surface area (Å²) < 4.78 is 22.5. The lowest BCUT2D eigenvalue weighted by atomic mass is 10.3. The molecule has 1 heterocycles. The summed E-state index contributed by atoms with van der Waals surface area (Å²) in [6.07, 6.45) is 0. The Morgan fingerprint density at radius 3 is 3.00 bits per heavy atom. The zero-order valence-electron chi connectivity index (χ0n) is 7.48. The molecule has 1 aromatic heterocycles. The zero-order valence-corrected chi connectivity index (χ0v) is 9.89. The van der Waals surface area contributed by atoms with Gasteiger partial charge < -0.3 is 4.74 Å². The minimum atomic E-state index is -0.301. The number of rotatable bonds is 3. The van der Waals surface area contributed by atoms with Gasteiger partial charge in [-0.05, 0) is 45.7 Å². The first-order valence-corrected chi connectivity index (χ1v) is 5.72. The molecule has 0 N–H and O–H groups in total. The average Bonchev–Trinajstić information content (AvgIpc) is 2.69. The van der Waals surface area contributed by atoms with Gasteiger partial charge in [0.2, 0.25) is 0 Å². The maximum Gasteiger partial charge on any atom is 0.134 e. The topological polar surface area (TPSA) is 35.0 Å². The van der Waals surface area contributed by atoms with Gasteiger partial charge in [-0.1, -0.05) is 4.49 Å². The Labute approximate surface area is 98.2 Å². The van der Waals surface area contributed by atoms with Gasteiger partial charge in [0.15, 0.2) is 0 Å². The molecule has 6 heteroatoms. The summed E-state index contributed by atoms with van der Waals surface area (Å²) >= 11 is 4.48. The SMILES string of the molecule is Fc1ccc(OCc2csnn2)c(Br)c1. The first-order valence-electron chi connectivity index (χ1n) is 4.09. The van der Waals surface area contributed by atoms with Crippen molar-refractivity contribution in [1.82, 2.24) is 9.59 Å². The van der Waals surface area contributed by atoms with Crippen molar-refractivity contribution in [3.8, 4) is 5.75 Å². The second kappa shape index (κ2) is 4.67. The van der Waals surface area contributed by atoms with Crippen LogP contribution in [0.25, 0.3) is 0 Å². The van der Waals surface area contributed by atoms with Crippen LogP contribution < -0.4 is 4.74 Å². The molecule has 0 aliphatic rings. The molecule has 2 rings (SSSR count). The van der Waals surface area contributed by atoms with E-state index >= 15 is 0 Å². The van der Waals surface area contributed by atoms with E-state index in [1.165, 1.54) is 23.7 Å². The van der Waals surface area contributed by atoms with Crippen LogP contribution in [-0.2, 0) is 6.61 Å². The van der Waals surface area contributed by atoms with E-state index in [0.29, 0.717) is 16.8 Å². The van der Waals surface area contributed by atoms with E-state index in [1.54, 1.807) is 11.4 Å². The van der Waals surface area contributed by atoms with Crippen molar-refractivity contribution < 1.29 is 9.13 Å². The molecule has 0 fully saturated rings. The van der Waals surface area contributed by atoms with Gasteiger partial charge in [-0.25, -0.2) is 4.39 Å². The van der Waals surface area contributed by atoms with Crippen molar-refractivity contribution in [3.05, 3.63) is 39.6 Å². The highest BCUT2D eigenvalue weighted by atomic mass is 79.9. The van der Waals surface area contributed by atoms with E-state index in [0.717, 1.165) is 5.69 Å². The van der Waals surface area contributed by atoms with Crippen LogP contribution in [0, 0.1) is 5.82 Å². The third-order valence-electron chi connectivity index (χ3n) is 1.67. The third-order valence-corrected chi connectivity index (χ3v) is 2.85. The summed E-state index contributed by atoms with van der Waals surface area (Å²) in [5, 5.41) is 5.64. The van der Waals surface area contributed by atoms with Crippen LogP contribution in [0.4, 0.5) is 4.39 Å². The highest BCUT2D eigenvalue weighted by Gasteiger charge is 2.03. The van der Waals surface area contributed by atoms with Gasteiger partial charge in [0.25, 0.3) is 0 Å². The zero-order chi connectivity index (χ0) is 10.7. The fraction of sp³-hybridized carbons (Fsp3) is 0.111. The number of nitrogens with zero attached hydrogens (tertiary/aromatic N) is 2. The summed E-state index contributed by atoms with van der Waals surface area (Å²) in [4.78, 5) is 0. The van der Waals surface area contributed by atoms with Crippen molar-refractivity contribution >= 4 is 27.5 Å². The standard InChI is InChI=1S/C9H6BrFN2OS/c10-8-3-6(11)1-2-9(8)14-4-7-5-15-13-12-7/h1-3,5H,4H2. The Balaban J connectivity index is 2.05. The number of hydrogen-bond acceptors (Lipinski definition) is 4. The largest absolute Gasteiger partial charge is 0.486 e. The van der Waals surface area contributed by atoms with Crippen LogP contribution in [0.1, 0.15) is 5.69 Å². The number of benzene rings is 1. The second-order valence-corrected chi connectivity index (χ2v) is 4.22. The Morgan fingerprint density at radius 2 is 2.33 bits per heavy atom. The van der Waals surface area contributed by atoms with Gasteiger partial charge in [-0.15, -0.1) is 5.10 Å². The number of aromatic nitrogens is 2. The predicted molar refractivity (Wildman–Crippen MR) is 58.3 cm³/mol. The number of hydrogen-bond donors (Lipinski definition) is 0. The normalized spacial score (nSPS) is 10.3. The molecular weight excluding hydrogens is 283 g/mol. The van der Waals surface area contributed by atoms with Gasteiger partial charge in [-0.3, -0.25) is 0 Å². The van der Waals surface area contributed by atoms with Crippen LogP contribution in [0.2, 0.25) is 0 Å². The summed E-state index contributed by atoms with van der Waals surface area (Å²) in [6.45, 7) is 0.334. The van der Waals surface area contributed by atoms with Crippen molar-refractivity contribution in [2.24, 2.45) is 0 Å². The lowest BCUT2D eigenvalue weighted by molar-refractivity contribution is 0.298. The molecule has 0 radical (unpaired) electrons. The van der Waals surface area contributed by atoms with Crippen LogP contribution in [0.15, 0.2) is 28.1 Å². The Kier molecular flexibility index (Phi) is 3.27. The molecule has 2 aromatic rings. The smallest absolute Gasteiger partial charge is 0.134 e. The molecule has 0 bridgehead atoms. The van der Waals surface area contributed by atoms with Crippen molar-refractivity contribution in [3.63, 3.8) is 0 Å². The first kappa shape index (κ1) is 10.5. The molecule has 0 saturated carbocycles. The van der Waals surface area contributed by atoms with Gasteiger partial charge in [0.1, 0.15) is 23.9 Å². The molecule has 0 atom stereocenters. The quantitative estimate of drug-likeness (QED) is 0.871. The second-order valence-electron chi connectivity index (χ2n) is 2.76. The van der Waals surface area contributed by atoms with Crippen LogP contribution in [0.3, 0.4) is 0 Å². The molecular formula is C9H6BrFN2OS. The monoisotopic (exact) mass is 288 g/mol.